The van der Waals surface area contributed by atoms with Gasteiger partial charge in [-0.1, -0.05) is 24.3 Å². The molecule has 1 amide bonds. The summed E-state index contributed by atoms with van der Waals surface area (Å²) in [5.74, 6) is 0.476. The molecule has 1 unspecified atom stereocenters. The number of hydrogen-bond acceptors (Lipinski definition) is 4. The van der Waals surface area contributed by atoms with Crippen LogP contribution in [0.3, 0.4) is 0 Å². The van der Waals surface area contributed by atoms with Crippen molar-refractivity contribution in [2.45, 2.75) is 25.9 Å². The first kappa shape index (κ1) is 16.1. The lowest BCUT2D eigenvalue weighted by Crippen LogP contribution is -2.40. The summed E-state index contributed by atoms with van der Waals surface area (Å²) in [6.07, 6.45) is 3.38. The molecular weight excluding hydrogens is 304 g/mol. The number of carbonyl (C=O) groups excluding carboxylic acids is 1. The number of nitrogens with zero attached hydrogens (tertiary/aromatic N) is 2. The standard InChI is InChI=1S/C19H20N2O3/c1-13-7-19(24-2)18(23)9-17(13)20-10-16-8-14-5-3-4-6-15(14)11-21(16)12-22/h3-7,9-10,12,16,23H,8,11H2,1-2H3. The molecule has 0 aliphatic carbocycles. The van der Waals surface area contributed by atoms with Gasteiger partial charge in [0.25, 0.3) is 0 Å². The molecule has 2 aromatic rings. The topological polar surface area (TPSA) is 62.1 Å². The van der Waals surface area contributed by atoms with E-state index in [1.807, 2.05) is 25.1 Å². The summed E-state index contributed by atoms with van der Waals surface area (Å²) in [5.41, 5.74) is 3.97. The molecule has 0 aromatic heterocycles. The molecule has 0 saturated heterocycles. The molecule has 0 radical (unpaired) electrons. The molecule has 1 N–H and O–H groups in total. The van der Waals surface area contributed by atoms with Crippen molar-refractivity contribution in [1.29, 1.82) is 0 Å². The van der Waals surface area contributed by atoms with Crippen LogP contribution >= 0.6 is 0 Å². The Morgan fingerprint density at radius 3 is 2.75 bits per heavy atom. The Balaban J connectivity index is 1.86. The first-order valence-electron chi connectivity index (χ1n) is 7.82. The van der Waals surface area contributed by atoms with Crippen molar-refractivity contribution in [2.75, 3.05) is 7.11 Å². The van der Waals surface area contributed by atoms with Crippen LogP contribution in [-0.2, 0) is 17.8 Å². The Kier molecular flexibility index (Phi) is 4.51. The van der Waals surface area contributed by atoms with Gasteiger partial charge in [0.1, 0.15) is 0 Å². The average Bonchev–Trinajstić information content (AvgIpc) is 2.61. The van der Waals surface area contributed by atoms with Gasteiger partial charge in [-0.3, -0.25) is 9.79 Å². The number of carbonyl (C=O) groups is 1. The number of rotatable bonds is 4. The number of aliphatic imine (C=N–C) groups is 1. The molecule has 0 spiro atoms. The molecule has 5 heteroatoms. The summed E-state index contributed by atoms with van der Waals surface area (Å²) < 4.78 is 5.09. The largest absolute Gasteiger partial charge is 0.504 e. The Hall–Kier alpha value is -2.82. The maximum atomic E-state index is 11.4. The second kappa shape index (κ2) is 6.74. The summed E-state index contributed by atoms with van der Waals surface area (Å²) in [7, 11) is 1.51. The lowest BCUT2D eigenvalue weighted by atomic mass is 9.95. The molecule has 1 atom stereocenters. The number of ether oxygens (including phenoxy) is 1. The van der Waals surface area contributed by atoms with E-state index in [-0.39, 0.29) is 11.8 Å². The molecule has 1 aliphatic heterocycles. The van der Waals surface area contributed by atoms with E-state index in [9.17, 15) is 9.90 Å². The lowest BCUT2D eigenvalue weighted by Gasteiger charge is -2.31. The third kappa shape index (κ3) is 3.11. The molecule has 0 fully saturated rings. The van der Waals surface area contributed by atoms with Gasteiger partial charge in [0, 0.05) is 18.8 Å². The summed E-state index contributed by atoms with van der Waals surface area (Å²) in [5, 5.41) is 9.92. The maximum absolute atomic E-state index is 11.4. The summed E-state index contributed by atoms with van der Waals surface area (Å²) >= 11 is 0. The number of amides is 1. The highest BCUT2D eigenvalue weighted by atomic mass is 16.5. The number of phenols is 1. The quantitative estimate of drug-likeness (QED) is 0.695. The molecule has 5 nitrogen and oxygen atoms in total. The summed E-state index contributed by atoms with van der Waals surface area (Å²) in [6, 6.07) is 11.4. The number of fused-ring (bicyclic) bond motifs is 1. The van der Waals surface area contributed by atoms with E-state index < -0.39 is 0 Å². The second-order valence-corrected chi connectivity index (χ2v) is 5.91. The molecule has 0 bridgehead atoms. The van der Waals surface area contributed by atoms with Gasteiger partial charge in [-0.25, -0.2) is 0 Å². The smallest absolute Gasteiger partial charge is 0.210 e. The van der Waals surface area contributed by atoms with Crippen LogP contribution in [0.15, 0.2) is 41.4 Å². The Bertz CT molecular complexity index is 786. The van der Waals surface area contributed by atoms with Crippen LogP contribution in [0.2, 0.25) is 0 Å². The zero-order chi connectivity index (χ0) is 17.1. The third-order valence-electron chi connectivity index (χ3n) is 4.34. The van der Waals surface area contributed by atoms with Crippen LogP contribution in [0.5, 0.6) is 11.5 Å². The van der Waals surface area contributed by atoms with Gasteiger partial charge in [0.2, 0.25) is 6.41 Å². The lowest BCUT2D eigenvalue weighted by molar-refractivity contribution is -0.119. The van der Waals surface area contributed by atoms with Crippen LogP contribution in [0.1, 0.15) is 16.7 Å². The maximum Gasteiger partial charge on any atom is 0.210 e. The van der Waals surface area contributed by atoms with Gasteiger partial charge in [0.15, 0.2) is 11.5 Å². The second-order valence-electron chi connectivity index (χ2n) is 5.91. The highest BCUT2D eigenvalue weighted by Crippen LogP contribution is 2.33. The van der Waals surface area contributed by atoms with Crippen molar-refractivity contribution >= 4 is 18.3 Å². The first-order chi connectivity index (χ1) is 11.6. The van der Waals surface area contributed by atoms with Crippen molar-refractivity contribution in [1.82, 2.24) is 4.90 Å². The summed E-state index contributed by atoms with van der Waals surface area (Å²) in [6.45, 7) is 2.49. The SMILES string of the molecule is COc1cc(C)c(N=CC2Cc3ccccc3CN2C=O)cc1O. The normalized spacial score (nSPS) is 16.9. The Morgan fingerprint density at radius 1 is 1.29 bits per heavy atom. The molecule has 1 heterocycles. The number of methoxy groups -OCH3 is 1. The Labute approximate surface area is 141 Å². The van der Waals surface area contributed by atoms with Crippen molar-refractivity contribution in [3.05, 3.63) is 53.1 Å². The number of aromatic hydroxyl groups is 1. The van der Waals surface area contributed by atoms with E-state index in [0.717, 1.165) is 18.4 Å². The first-order valence-corrected chi connectivity index (χ1v) is 7.82. The minimum atomic E-state index is -0.0963. The average molecular weight is 324 g/mol. The number of hydrogen-bond donors (Lipinski definition) is 1. The highest BCUT2D eigenvalue weighted by Gasteiger charge is 2.23. The van der Waals surface area contributed by atoms with Crippen molar-refractivity contribution < 1.29 is 14.6 Å². The minimum Gasteiger partial charge on any atom is -0.504 e. The predicted octanol–water partition coefficient (Wildman–Crippen LogP) is 2.99. The highest BCUT2D eigenvalue weighted by molar-refractivity contribution is 5.74. The third-order valence-corrected chi connectivity index (χ3v) is 4.34. The zero-order valence-electron chi connectivity index (χ0n) is 13.8. The van der Waals surface area contributed by atoms with Crippen LogP contribution in [0.25, 0.3) is 0 Å². The Morgan fingerprint density at radius 2 is 2.04 bits per heavy atom. The fourth-order valence-electron chi connectivity index (χ4n) is 2.95. The van der Waals surface area contributed by atoms with Gasteiger partial charge in [0.05, 0.1) is 18.8 Å². The van der Waals surface area contributed by atoms with Gasteiger partial charge in [-0.2, -0.15) is 0 Å². The van der Waals surface area contributed by atoms with Gasteiger partial charge >= 0.3 is 0 Å². The molecule has 1 aliphatic rings. The van der Waals surface area contributed by atoms with E-state index >= 15 is 0 Å². The fourth-order valence-corrected chi connectivity index (χ4v) is 2.95. The molecule has 2 aromatic carbocycles. The zero-order valence-corrected chi connectivity index (χ0v) is 13.8. The molecule has 0 saturated carbocycles. The number of phenolic OH excluding ortho intramolecular Hbond substituents is 1. The molecular formula is C19H20N2O3. The van der Waals surface area contributed by atoms with E-state index in [0.29, 0.717) is 18.0 Å². The van der Waals surface area contributed by atoms with E-state index in [4.69, 9.17) is 4.74 Å². The monoisotopic (exact) mass is 324 g/mol. The fraction of sp³-hybridized carbons (Fsp3) is 0.263. The number of aryl methyl sites for hydroxylation is 1. The number of benzene rings is 2. The van der Waals surface area contributed by atoms with Gasteiger partial charge < -0.3 is 14.7 Å². The minimum absolute atomic E-state index is 0.0523. The van der Waals surface area contributed by atoms with Crippen molar-refractivity contribution in [3.8, 4) is 11.5 Å². The van der Waals surface area contributed by atoms with Crippen LogP contribution in [0, 0.1) is 6.92 Å². The van der Waals surface area contributed by atoms with Gasteiger partial charge in [-0.05, 0) is 36.1 Å². The van der Waals surface area contributed by atoms with Crippen LogP contribution in [0.4, 0.5) is 5.69 Å². The molecule has 3 rings (SSSR count). The van der Waals surface area contributed by atoms with Crippen LogP contribution < -0.4 is 4.74 Å². The van der Waals surface area contributed by atoms with Crippen molar-refractivity contribution in [3.63, 3.8) is 0 Å². The van der Waals surface area contributed by atoms with Gasteiger partial charge in [-0.15, -0.1) is 0 Å². The van der Waals surface area contributed by atoms with Crippen molar-refractivity contribution in [2.24, 2.45) is 4.99 Å². The predicted molar refractivity (Wildman–Crippen MR) is 93.1 cm³/mol. The van der Waals surface area contributed by atoms with Crippen LogP contribution in [-0.4, -0.2) is 35.8 Å². The van der Waals surface area contributed by atoms with E-state index in [1.54, 1.807) is 23.2 Å². The molecule has 24 heavy (non-hydrogen) atoms. The van der Waals surface area contributed by atoms with E-state index in [1.165, 1.54) is 18.2 Å². The van der Waals surface area contributed by atoms with E-state index in [2.05, 4.69) is 11.1 Å². The summed E-state index contributed by atoms with van der Waals surface area (Å²) in [4.78, 5) is 17.6. The molecule has 124 valence electrons.